The van der Waals surface area contributed by atoms with Crippen molar-refractivity contribution in [3.8, 4) is 0 Å². The van der Waals surface area contributed by atoms with Crippen LogP contribution in [-0.4, -0.2) is 36.8 Å². The number of anilines is 1. The number of nitro benzene ring substituents is 1. The zero-order chi connectivity index (χ0) is 14.7. The number of nitrogens with one attached hydrogen (secondary N) is 1. The Labute approximate surface area is 115 Å². The standard InChI is InChI=1S/C13H15N3O4/c1-15(7-13(18)14-10-3-4-10)11-5-2-9(8-17)6-12(11)16(19)20/h2,5-6,8,10H,3-4,7H2,1H3,(H,14,18). The second kappa shape index (κ2) is 5.68. The van der Waals surface area contributed by atoms with Crippen LogP contribution in [0.5, 0.6) is 0 Å². The molecule has 1 aliphatic rings. The van der Waals surface area contributed by atoms with E-state index in [1.54, 1.807) is 7.05 Å². The van der Waals surface area contributed by atoms with Gasteiger partial charge in [-0.3, -0.25) is 19.7 Å². The molecule has 1 saturated carbocycles. The minimum atomic E-state index is -0.558. The number of benzene rings is 1. The lowest BCUT2D eigenvalue weighted by atomic mass is 10.1. The third-order valence-electron chi connectivity index (χ3n) is 3.07. The van der Waals surface area contributed by atoms with Crippen LogP contribution in [-0.2, 0) is 4.79 Å². The van der Waals surface area contributed by atoms with Crippen LogP contribution < -0.4 is 10.2 Å². The lowest BCUT2D eigenvalue weighted by Crippen LogP contribution is -2.36. The van der Waals surface area contributed by atoms with Gasteiger partial charge in [0.2, 0.25) is 5.91 Å². The van der Waals surface area contributed by atoms with Gasteiger partial charge in [0.25, 0.3) is 5.69 Å². The van der Waals surface area contributed by atoms with Gasteiger partial charge in [-0.2, -0.15) is 0 Å². The largest absolute Gasteiger partial charge is 0.360 e. The van der Waals surface area contributed by atoms with Crippen LogP contribution in [0.4, 0.5) is 11.4 Å². The number of aldehydes is 1. The molecule has 0 radical (unpaired) electrons. The normalized spacial score (nSPS) is 13.7. The summed E-state index contributed by atoms with van der Waals surface area (Å²) in [7, 11) is 1.61. The molecule has 0 bridgehead atoms. The van der Waals surface area contributed by atoms with Gasteiger partial charge in [0.15, 0.2) is 0 Å². The van der Waals surface area contributed by atoms with Crippen molar-refractivity contribution < 1.29 is 14.5 Å². The van der Waals surface area contributed by atoms with Crippen LogP contribution in [0.25, 0.3) is 0 Å². The third-order valence-corrected chi connectivity index (χ3v) is 3.07. The van der Waals surface area contributed by atoms with E-state index in [9.17, 15) is 19.7 Å². The van der Waals surface area contributed by atoms with Crippen molar-refractivity contribution in [2.75, 3.05) is 18.5 Å². The first-order valence-electron chi connectivity index (χ1n) is 6.25. The van der Waals surface area contributed by atoms with E-state index in [1.807, 2.05) is 0 Å². The van der Waals surface area contributed by atoms with Crippen LogP contribution in [0.1, 0.15) is 23.2 Å². The molecule has 0 aliphatic heterocycles. The molecule has 0 unspecified atom stereocenters. The Balaban J connectivity index is 2.14. The SMILES string of the molecule is CN(CC(=O)NC1CC1)c1ccc(C=O)cc1[N+](=O)[O-]. The predicted octanol–water partition coefficient (Wildman–Crippen LogP) is 1.12. The Kier molecular flexibility index (Phi) is 3.97. The molecule has 0 saturated heterocycles. The highest BCUT2D eigenvalue weighted by molar-refractivity contribution is 5.84. The van der Waals surface area contributed by atoms with Crippen molar-refractivity contribution in [1.29, 1.82) is 0 Å². The van der Waals surface area contributed by atoms with E-state index in [0.29, 0.717) is 12.0 Å². The highest BCUT2D eigenvalue weighted by Crippen LogP contribution is 2.28. The van der Waals surface area contributed by atoms with E-state index in [0.717, 1.165) is 12.8 Å². The van der Waals surface area contributed by atoms with Gasteiger partial charge < -0.3 is 10.2 Å². The molecule has 0 atom stereocenters. The van der Waals surface area contributed by atoms with Crippen molar-refractivity contribution in [2.45, 2.75) is 18.9 Å². The summed E-state index contributed by atoms with van der Waals surface area (Å²) in [5.74, 6) is -0.163. The number of nitrogens with zero attached hydrogens (tertiary/aromatic N) is 2. The molecule has 2 rings (SSSR count). The summed E-state index contributed by atoms with van der Waals surface area (Å²) >= 11 is 0. The third kappa shape index (κ3) is 3.31. The van der Waals surface area contributed by atoms with Gasteiger partial charge in [0, 0.05) is 24.7 Å². The minimum Gasteiger partial charge on any atom is -0.360 e. The van der Waals surface area contributed by atoms with Crippen molar-refractivity contribution >= 4 is 23.6 Å². The van der Waals surface area contributed by atoms with Crippen molar-refractivity contribution in [3.63, 3.8) is 0 Å². The number of hydrogen-bond acceptors (Lipinski definition) is 5. The second-order valence-electron chi connectivity index (χ2n) is 4.82. The lowest BCUT2D eigenvalue weighted by molar-refractivity contribution is -0.384. The van der Waals surface area contributed by atoms with E-state index >= 15 is 0 Å². The Bertz CT molecular complexity index is 555. The molecule has 1 amide bonds. The average molecular weight is 277 g/mol. The number of hydrogen-bond donors (Lipinski definition) is 1. The first kappa shape index (κ1) is 14.0. The summed E-state index contributed by atoms with van der Waals surface area (Å²) in [5, 5.41) is 13.8. The van der Waals surface area contributed by atoms with Gasteiger partial charge in [-0.1, -0.05) is 0 Å². The number of likely N-dealkylation sites (N-methyl/N-ethyl adjacent to an activating group) is 1. The van der Waals surface area contributed by atoms with E-state index in [4.69, 9.17) is 0 Å². The summed E-state index contributed by atoms with van der Waals surface area (Å²) in [6.45, 7) is 0.0395. The first-order chi connectivity index (χ1) is 9.51. The molecule has 1 aliphatic carbocycles. The molecule has 0 heterocycles. The van der Waals surface area contributed by atoms with Crippen molar-refractivity contribution in [1.82, 2.24) is 5.32 Å². The fourth-order valence-electron chi connectivity index (χ4n) is 1.88. The zero-order valence-electron chi connectivity index (χ0n) is 11.0. The Morgan fingerprint density at radius 3 is 2.80 bits per heavy atom. The molecule has 1 fully saturated rings. The van der Waals surface area contributed by atoms with Crippen molar-refractivity contribution in [2.24, 2.45) is 0 Å². The topological polar surface area (TPSA) is 92.6 Å². The maximum atomic E-state index is 11.7. The highest BCUT2D eigenvalue weighted by atomic mass is 16.6. The fraction of sp³-hybridized carbons (Fsp3) is 0.385. The molecule has 0 spiro atoms. The van der Waals surface area contributed by atoms with Gasteiger partial charge in [-0.25, -0.2) is 0 Å². The van der Waals surface area contributed by atoms with Gasteiger partial charge in [0.05, 0.1) is 11.5 Å². The molecule has 106 valence electrons. The summed E-state index contributed by atoms with van der Waals surface area (Å²) in [6.07, 6.45) is 2.53. The molecular weight excluding hydrogens is 262 g/mol. The quantitative estimate of drug-likeness (QED) is 0.478. The van der Waals surface area contributed by atoms with Crippen LogP contribution in [0.3, 0.4) is 0 Å². The lowest BCUT2D eigenvalue weighted by Gasteiger charge is -2.18. The molecular formula is C13H15N3O4. The van der Waals surface area contributed by atoms with Crippen LogP contribution >= 0.6 is 0 Å². The zero-order valence-corrected chi connectivity index (χ0v) is 11.0. The summed E-state index contributed by atoms with van der Waals surface area (Å²) in [5.41, 5.74) is 0.360. The second-order valence-corrected chi connectivity index (χ2v) is 4.82. The van der Waals surface area contributed by atoms with Gasteiger partial charge >= 0.3 is 0 Å². The van der Waals surface area contributed by atoms with Crippen molar-refractivity contribution in [3.05, 3.63) is 33.9 Å². The van der Waals surface area contributed by atoms with E-state index in [2.05, 4.69) is 5.32 Å². The average Bonchev–Trinajstić information content (AvgIpc) is 3.21. The number of nitro groups is 1. The Morgan fingerprint density at radius 2 is 2.25 bits per heavy atom. The highest BCUT2D eigenvalue weighted by Gasteiger charge is 2.25. The first-order valence-corrected chi connectivity index (χ1v) is 6.25. The summed E-state index contributed by atoms with van der Waals surface area (Å²) in [6, 6.07) is 4.43. The maximum absolute atomic E-state index is 11.7. The molecule has 1 N–H and O–H groups in total. The molecule has 1 aromatic rings. The minimum absolute atomic E-state index is 0.0395. The number of rotatable bonds is 6. The monoisotopic (exact) mass is 277 g/mol. The number of amides is 1. The van der Waals surface area contributed by atoms with Crippen LogP contribution in [0.15, 0.2) is 18.2 Å². The molecule has 20 heavy (non-hydrogen) atoms. The van der Waals surface area contributed by atoms with E-state index < -0.39 is 4.92 Å². The summed E-state index contributed by atoms with van der Waals surface area (Å²) in [4.78, 5) is 34.3. The van der Waals surface area contributed by atoms with Crippen LogP contribution in [0, 0.1) is 10.1 Å². The van der Waals surface area contributed by atoms with Gasteiger partial charge in [-0.05, 0) is 25.0 Å². The predicted molar refractivity (Wildman–Crippen MR) is 72.9 cm³/mol. The number of carbonyl (C=O) groups excluding carboxylic acids is 2. The summed E-state index contributed by atoms with van der Waals surface area (Å²) < 4.78 is 0. The Hall–Kier alpha value is -2.44. The van der Waals surface area contributed by atoms with E-state index in [-0.39, 0.29) is 29.7 Å². The molecule has 7 heteroatoms. The number of carbonyl (C=O) groups is 2. The van der Waals surface area contributed by atoms with Crippen LogP contribution in [0.2, 0.25) is 0 Å². The Morgan fingerprint density at radius 1 is 1.55 bits per heavy atom. The van der Waals surface area contributed by atoms with Gasteiger partial charge in [-0.15, -0.1) is 0 Å². The fourth-order valence-corrected chi connectivity index (χ4v) is 1.88. The van der Waals surface area contributed by atoms with E-state index in [1.165, 1.54) is 23.1 Å². The molecule has 7 nitrogen and oxygen atoms in total. The maximum Gasteiger partial charge on any atom is 0.293 e. The smallest absolute Gasteiger partial charge is 0.293 e. The molecule has 1 aromatic carbocycles. The van der Waals surface area contributed by atoms with Gasteiger partial charge in [0.1, 0.15) is 12.0 Å². The molecule has 0 aromatic heterocycles.